The predicted molar refractivity (Wildman–Crippen MR) is 117 cm³/mol. The van der Waals surface area contributed by atoms with E-state index in [9.17, 15) is 19.2 Å². The number of thiophene rings is 1. The van der Waals surface area contributed by atoms with Crippen LogP contribution in [-0.4, -0.2) is 42.8 Å². The number of aryl methyl sites for hydroxylation is 1. The quantitative estimate of drug-likeness (QED) is 0.550. The summed E-state index contributed by atoms with van der Waals surface area (Å²) in [6, 6.07) is 9.12. The molecule has 0 saturated carbocycles. The number of hydrogen-bond acceptors (Lipinski definition) is 6. The number of Topliss-reactive ketones (excluding diaryl/α,β-unsaturated/α-hetero) is 2. The Morgan fingerprint density at radius 2 is 2.10 bits per heavy atom. The minimum absolute atomic E-state index is 0.0340. The maximum Gasteiger partial charge on any atom is 0.414 e. The number of carbonyl (C=O) groups is 4. The molecule has 162 valence electrons. The highest BCUT2D eigenvalue weighted by Gasteiger charge is 2.34. The minimum atomic E-state index is -0.618. The fourth-order valence-corrected chi connectivity index (χ4v) is 4.84. The Bertz CT molecular complexity index is 1020. The molecule has 31 heavy (non-hydrogen) atoms. The average Bonchev–Trinajstić information content (AvgIpc) is 3.34. The van der Waals surface area contributed by atoms with E-state index >= 15 is 0 Å². The van der Waals surface area contributed by atoms with Crippen molar-refractivity contribution in [3.05, 3.63) is 51.7 Å². The van der Waals surface area contributed by atoms with E-state index in [1.807, 2.05) is 23.6 Å². The van der Waals surface area contributed by atoms with Gasteiger partial charge in [-0.25, -0.2) is 4.79 Å². The highest BCUT2D eigenvalue weighted by atomic mass is 32.1. The monoisotopic (exact) mass is 440 g/mol. The van der Waals surface area contributed by atoms with Gasteiger partial charge >= 0.3 is 6.09 Å². The van der Waals surface area contributed by atoms with Crippen LogP contribution >= 0.6 is 11.3 Å². The van der Waals surface area contributed by atoms with Crippen molar-refractivity contribution in [1.29, 1.82) is 0 Å². The second kappa shape index (κ2) is 9.01. The molecule has 1 fully saturated rings. The Morgan fingerprint density at radius 3 is 2.84 bits per heavy atom. The van der Waals surface area contributed by atoms with Gasteiger partial charge < -0.3 is 10.1 Å². The molecule has 1 aromatic heterocycles. The molecule has 2 aromatic rings. The lowest BCUT2D eigenvalue weighted by molar-refractivity contribution is -0.121. The number of rotatable bonds is 6. The summed E-state index contributed by atoms with van der Waals surface area (Å²) in [6.07, 6.45) is 1.35. The first-order valence-corrected chi connectivity index (χ1v) is 11.2. The van der Waals surface area contributed by atoms with Crippen molar-refractivity contribution >= 4 is 40.6 Å². The molecule has 8 heteroatoms. The number of anilines is 1. The van der Waals surface area contributed by atoms with Crippen LogP contribution in [0, 0.1) is 5.92 Å². The first kappa shape index (κ1) is 21.2. The second-order valence-electron chi connectivity index (χ2n) is 7.93. The second-order valence-corrected chi connectivity index (χ2v) is 8.96. The van der Waals surface area contributed by atoms with Gasteiger partial charge in [-0.1, -0.05) is 6.07 Å². The van der Waals surface area contributed by atoms with E-state index in [1.54, 1.807) is 12.1 Å². The third kappa shape index (κ3) is 4.69. The van der Waals surface area contributed by atoms with Crippen molar-refractivity contribution in [2.75, 3.05) is 18.0 Å². The largest absolute Gasteiger partial charge is 0.442 e. The highest BCUT2D eigenvalue weighted by Crippen LogP contribution is 2.31. The summed E-state index contributed by atoms with van der Waals surface area (Å²) in [6.45, 7) is 2.00. The van der Waals surface area contributed by atoms with Crippen LogP contribution in [0.3, 0.4) is 0 Å². The van der Waals surface area contributed by atoms with Gasteiger partial charge in [0, 0.05) is 29.5 Å². The zero-order valence-electron chi connectivity index (χ0n) is 17.3. The fourth-order valence-electron chi connectivity index (χ4n) is 4.12. The van der Waals surface area contributed by atoms with Gasteiger partial charge in [-0.2, -0.15) is 0 Å². The molecular weight excluding hydrogens is 416 g/mol. The number of carbonyl (C=O) groups excluding carboxylic acids is 4. The highest BCUT2D eigenvalue weighted by molar-refractivity contribution is 7.10. The predicted octanol–water partition coefficient (Wildman–Crippen LogP) is 3.16. The van der Waals surface area contributed by atoms with E-state index in [1.165, 1.54) is 23.2 Å². The molecule has 1 aliphatic heterocycles. The van der Waals surface area contributed by atoms with Crippen molar-refractivity contribution in [3.8, 4) is 0 Å². The smallest absolute Gasteiger partial charge is 0.414 e. The van der Waals surface area contributed by atoms with Crippen molar-refractivity contribution < 1.29 is 23.9 Å². The number of amides is 2. The first-order chi connectivity index (χ1) is 14.9. The topological polar surface area (TPSA) is 92.8 Å². The van der Waals surface area contributed by atoms with Crippen LogP contribution in [0.5, 0.6) is 0 Å². The van der Waals surface area contributed by atoms with Crippen molar-refractivity contribution in [1.82, 2.24) is 5.32 Å². The molecule has 7 nitrogen and oxygen atoms in total. The summed E-state index contributed by atoms with van der Waals surface area (Å²) in [7, 11) is 0. The average molecular weight is 441 g/mol. The van der Waals surface area contributed by atoms with Gasteiger partial charge in [-0.15, -0.1) is 11.3 Å². The van der Waals surface area contributed by atoms with Crippen molar-refractivity contribution in [3.63, 3.8) is 0 Å². The van der Waals surface area contributed by atoms with Crippen molar-refractivity contribution in [2.24, 2.45) is 5.92 Å². The molecule has 2 atom stereocenters. The number of nitrogens with one attached hydrogen (secondary N) is 1. The molecule has 0 radical (unpaired) electrons. The van der Waals surface area contributed by atoms with Gasteiger partial charge in [0.15, 0.2) is 5.78 Å². The maximum absolute atomic E-state index is 13.1. The zero-order chi connectivity index (χ0) is 22.0. The van der Waals surface area contributed by atoms with E-state index in [-0.39, 0.29) is 30.4 Å². The summed E-state index contributed by atoms with van der Waals surface area (Å²) in [4.78, 5) is 51.8. The van der Waals surface area contributed by atoms with E-state index < -0.39 is 18.1 Å². The number of benzene rings is 1. The van der Waals surface area contributed by atoms with Gasteiger partial charge in [-0.05, 0) is 54.5 Å². The van der Waals surface area contributed by atoms with Crippen LogP contribution in [0.25, 0.3) is 0 Å². The Labute approximate surface area is 184 Å². The number of hydrogen-bond donors (Lipinski definition) is 1. The van der Waals surface area contributed by atoms with Crippen LogP contribution in [0.4, 0.5) is 10.5 Å². The standard InChI is InChI=1S/C23H24N2O5S/c1-14(26)24-12-17-13-25(23(29)30-17)16-7-8-19-15(10-16)4-2-6-20(22(19)28)21(27)11-18-5-3-9-31-18/h3,5,7-10,17,20H,2,4,6,11-13H2,1H3,(H,24,26)/t17-,20?/m0/s1. The Kier molecular flexibility index (Phi) is 6.18. The van der Waals surface area contributed by atoms with Gasteiger partial charge in [0.2, 0.25) is 5.91 Å². The molecule has 1 unspecified atom stereocenters. The molecule has 0 bridgehead atoms. The lowest BCUT2D eigenvalue weighted by Crippen LogP contribution is -2.33. The maximum atomic E-state index is 13.1. The van der Waals surface area contributed by atoms with Gasteiger partial charge in [-0.3, -0.25) is 19.3 Å². The summed E-state index contributed by atoms with van der Waals surface area (Å²) >= 11 is 1.52. The van der Waals surface area contributed by atoms with E-state index in [0.29, 0.717) is 30.6 Å². The molecule has 1 aromatic carbocycles. The Hall–Kier alpha value is -3.00. The number of ketones is 2. The van der Waals surface area contributed by atoms with Gasteiger partial charge in [0.05, 0.1) is 19.0 Å². The lowest BCUT2D eigenvalue weighted by Gasteiger charge is -2.16. The zero-order valence-corrected chi connectivity index (χ0v) is 18.1. The number of nitrogens with zero attached hydrogens (tertiary/aromatic N) is 1. The van der Waals surface area contributed by atoms with Gasteiger partial charge in [0.1, 0.15) is 11.9 Å². The van der Waals surface area contributed by atoms with Crippen LogP contribution in [0.1, 0.15) is 40.6 Å². The van der Waals surface area contributed by atoms with E-state index in [2.05, 4.69) is 5.32 Å². The molecule has 2 amide bonds. The number of ether oxygens (including phenoxy) is 1. The molecule has 1 aliphatic carbocycles. The Morgan fingerprint density at radius 1 is 1.26 bits per heavy atom. The normalized spacial score (nSPS) is 20.7. The summed E-state index contributed by atoms with van der Waals surface area (Å²) in [5.74, 6) is -0.962. The first-order valence-electron chi connectivity index (χ1n) is 10.4. The number of cyclic esters (lactones) is 1. The number of fused-ring (bicyclic) bond motifs is 1. The summed E-state index contributed by atoms with van der Waals surface area (Å²) in [5, 5.41) is 4.59. The fraction of sp³-hybridized carbons (Fsp3) is 0.391. The van der Waals surface area contributed by atoms with E-state index in [0.717, 1.165) is 16.9 Å². The van der Waals surface area contributed by atoms with E-state index in [4.69, 9.17) is 4.74 Å². The molecule has 1 saturated heterocycles. The molecule has 1 N–H and O–H groups in total. The van der Waals surface area contributed by atoms with Crippen LogP contribution in [0.15, 0.2) is 35.7 Å². The van der Waals surface area contributed by atoms with Crippen LogP contribution in [0.2, 0.25) is 0 Å². The minimum Gasteiger partial charge on any atom is -0.442 e. The molecule has 2 heterocycles. The van der Waals surface area contributed by atoms with Crippen molar-refractivity contribution in [2.45, 2.75) is 38.7 Å². The SMILES string of the molecule is CC(=O)NC[C@H]1CN(c2ccc3c(c2)CCCC(C(=O)Cc2cccs2)C3=O)C(=O)O1. The molecular formula is C23H24N2O5S. The molecule has 2 aliphatic rings. The Balaban J connectivity index is 1.49. The van der Waals surface area contributed by atoms with Gasteiger partial charge in [0.25, 0.3) is 0 Å². The lowest BCUT2D eigenvalue weighted by atomic mass is 9.89. The summed E-state index contributed by atoms with van der Waals surface area (Å²) < 4.78 is 5.33. The third-order valence-corrected chi connectivity index (χ3v) is 6.57. The molecule has 4 rings (SSSR count). The molecule has 0 spiro atoms. The summed E-state index contributed by atoms with van der Waals surface area (Å²) in [5.41, 5.74) is 2.07. The van der Waals surface area contributed by atoms with Crippen LogP contribution in [-0.2, 0) is 27.2 Å². The third-order valence-electron chi connectivity index (χ3n) is 5.69. The van der Waals surface area contributed by atoms with Crippen LogP contribution < -0.4 is 10.2 Å².